The molecule has 0 radical (unpaired) electrons. The van der Waals surface area contributed by atoms with Gasteiger partial charge in [0.15, 0.2) is 0 Å². The van der Waals surface area contributed by atoms with E-state index in [4.69, 9.17) is 0 Å². The first-order valence-corrected chi connectivity index (χ1v) is 15.6. The van der Waals surface area contributed by atoms with E-state index in [0.717, 1.165) is 0 Å². The molecular weight excluding hydrogens is 386 g/mol. The van der Waals surface area contributed by atoms with Crippen molar-refractivity contribution in [3.8, 4) is 0 Å². The second-order valence-corrected chi connectivity index (χ2v) is 10.8. The Balaban J connectivity index is 3.54. The number of nitrogens with zero attached hydrogens (tertiary/aromatic N) is 1. The molecule has 0 rings (SSSR count). The Morgan fingerprint density at radius 1 is 0.281 bits per heavy atom. The van der Waals surface area contributed by atoms with Crippen LogP contribution in [0.1, 0.15) is 175 Å². The van der Waals surface area contributed by atoms with Crippen LogP contribution in [0, 0.1) is 0 Å². The molecule has 1 nitrogen and oxygen atoms in total. The molecule has 0 fully saturated rings. The average molecular weight is 453 g/mol. The van der Waals surface area contributed by atoms with E-state index in [0.29, 0.717) is 0 Å². The SMILES string of the molecule is CCCCCCCCCCCCCCCCC[N+](CC)(CC)CCCCCCCCCC. The first-order valence-electron chi connectivity index (χ1n) is 15.6. The van der Waals surface area contributed by atoms with Crippen molar-refractivity contribution in [2.75, 3.05) is 26.2 Å². The summed E-state index contributed by atoms with van der Waals surface area (Å²) in [7, 11) is 0. The van der Waals surface area contributed by atoms with Crippen molar-refractivity contribution in [2.45, 2.75) is 175 Å². The second kappa shape index (κ2) is 25.6. The van der Waals surface area contributed by atoms with Crippen LogP contribution >= 0.6 is 0 Å². The van der Waals surface area contributed by atoms with Crippen LogP contribution in [-0.4, -0.2) is 30.7 Å². The van der Waals surface area contributed by atoms with E-state index >= 15 is 0 Å². The number of rotatable bonds is 27. The van der Waals surface area contributed by atoms with Crippen molar-refractivity contribution in [1.82, 2.24) is 0 Å². The van der Waals surface area contributed by atoms with Gasteiger partial charge in [0.05, 0.1) is 26.2 Å². The van der Waals surface area contributed by atoms with Gasteiger partial charge in [-0.1, -0.05) is 136 Å². The van der Waals surface area contributed by atoms with Crippen molar-refractivity contribution in [2.24, 2.45) is 0 Å². The van der Waals surface area contributed by atoms with Gasteiger partial charge in [0, 0.05) is 0 Å². The molecule has 1 heteroatoms. The van der Waals surface area contributed by atoms with Crippen molar-refractivity contribution in [3.63, 3.8) is 0 Å². The molecule has 0 aromatic carbocycles. The van der Waals surface area contributed by atoms with E-state index in [1.165, 1.54) is 178 Å². The van der Waals surface area contributed by atoms with E-state index in [1.54, 1.807) is 0 Å². The Kier molecular flexibility index (Phi) is 25.5. The van der Waals surface area contributed by atoms with Crippen LogP contribution in [0.4, 0.5) is 0 Å². The molecule has 0 aromatic rings. The first kappa shape index (κ1) is 32.0. The predicted octanol–water partition coefficient (Wildman–Crippen LogP) is 10.9. The number of quaternary nitrogens is 1. The number of unbranched alkanes of at least 4 members (excludes halogenated alkanes) is 21. The molecule has 0 heterocycles. The smallest absolute Gasteiger partial charge is 0.0786 e. The zero-order valence-corrected chi connectivity index (χ0v) is 23.5. The van der Waals surface area contributed by atoms with Crippen LogP contribution in [0.3, 0.4) is 0 Å². The summed E-state index contributed by atoms with van der Waals surface area (Å²) in [4.78, 5) is 0. The monoisotopic (exact) mass is 453 g/mol. The highest BCUT2D eigenvalue weighted by Gasteiger charge is 2.21. The molecular formula is C31H66N+. The van der Waals surface area contributed by atoms with Crippen molar-refractivity contribution < 1.29 is 4.48 Å². The Morgan fingerprint density at radius 2 is 0.500 bits per heavy atom. The molecule has 0 spiro atoms. The van der Waals surface area contributed by atoms with E-state index in [2.05, 4.69) is 27.7 Å². The van der Waals surface area contributed by atoms with Crippen LogP contribution in [0.5, 0.6) is 0 Å². The molecule has 0 aliphatic rings. The predicted molar refractivity (Wildman–Crippen MR) is 149 cm³/mol. The molecule has 0 saturated carbocycles. The minimum atomic E-state index is 1.34. The molecule has 0 unspecified atom stereocenters. The Labute approximate surface area is 206 Å². The third kappa shape index (κ3) is 20.6. The molecule has 32 heavy (non-hydrogen) atoms. The van der Waals surface area contributed by atoms with Crippen molar-refractivity contribution in [3.05, 3.63) is 0 Å². The van der Waals surface area contributed by atoms with Gasteiger partial charge in [-0.3, -0.25) is 0 Å². The lowest BCUT2D eigenvalue weighted by Gasteiger charge is -2.37. The van der Waals surface area contributed by atoms with Crippen LogP contribution in [-0.2, 0) is 0 Å². The zero-order valence-electron chi connectivity index (χ0n) is 23.5. The summed E-state index contributed by atoms with van der Waals surface area (Å²) in [5, 5.41) is 0. The quantitative estimate of drug-likeness (QED) is 0.0858. The first-order chi connectivity index (χ1) is 15.7. The van der Waals surface area contributed by atoms with E-state index in [1.807, 2.05) is 0 Å². The van der Waals surface area contributed by atoms with Crippen molar-refractivity contribution in [1.29, 1.82) is 0 Å². The normalized spacial score (nSPS) is 12.0. The fourth-order valence-corrected chi connectivity index (χ4v) is 5.37. The van der Waals surface area contributed by atoms with Gasteiger partial charge in [0.2, 0.25) is 0 Å². The van der Waals surface area contributed by atoms with Gasteiger partial charge in [-0.25, -0.2) is 0 Å². The maximum atomic E-state index is 2.43. The van der Waals surface area contributed by atoms with E-state index in [-0.39, 0.29) is 0 Å². The van der Waals surface area contributed by atoms with Gasteiger partial charge >= 0.3 is 0 Å². The summed E-state index contributed by atoms with van der Waals surface area (Å²) in [5.74, 6) is 0. The highest BCUT2D eigenvalue weighted by molar-refractivity contribution is 4.52. The van der Waals surface area contributed by atoms with Gasteiger partial charge in [-0.05, 0) is 39.5 Å². The molecule has 0 aliphatic carbocycles. The molecule has 0 aliphatic heterocycles. The number of hydrogen-bond donors (Lipinski definition) is 0. The summed E-state index contributed by atoms with van der Waals surface area (Å²) in [5.41, 5.74) is 0. The van der Waals surface area contributed by atoms with Gasteiger partial charge in [-0.2, -0.15) is 0 Å². The summed E-state index contributed by atoms with van der Waals surface area (Å²) < 4.78 is 1.38. The van der Waals surface area contributed by atoms with Gasteiger partial charge in [0.1, 0.15) is 0 Å². The average Bonchev–Trinajstić information content (AvgIpc) is 2.82. The largest absolute Gasteiger partial charge is 0.324 e. The minimum absolute atomic E-state index is 1.34. The Bertz CT molecular complexity index is 333. The van der Waals surface area contributed by atoms with Gasteiger partial charge < -0.3 is 4.48 Å². The van der Waals surface area contributed by atoms with Crippen LogP contribution in [0.25, 0.3) is 0 Å². The fourth-order valence-electron chi connectivity index (χ4n) is 5.37. The third-order valence-electron chi connectivity index (χ3n) is 8.06. The molecule has 0 N–H and O–H groups in total. The summed E-state index contributed by atoms with van der Waals surface area (Å²) in [6.45, 7) is 15.0. The van der Waals surface area contributed by atoms with Gasteiger partial charge in [0.25, 0.3) is 0 Å². The minimum Gasteiger partial charge on any atom is -0.324 e. The topological polar surface area (TPSA) is 0 Å². The lowest BCUT2D eigenvalue weighted by atomic mass is 10.0. The fraction of sp³-hybridized carbons (Fsp3) is 1.00. The molecule has 0 atom stereocenters. The Morgan fingerprint density at radius 3 is 0.719 bits per heavy atom. The van der Waals surface area contributed by atoms with Crippen LogP contribution < -0.4 is 0 Å². The lowest BCUT2D eigenvalue weighted by Crippen LogP contribution is -2.49. The summed E-state index contributed by atoms with van der Waals surface area (Å²) >= 11 is 0. The third-order valence-corrected chi connectivity index (χ3v) is 8.06. The Hall–Kier alpha value is -0.0400. The highest BCUT2D eigenvalue weighted by atomic mass is 15.3. The molecule has 0 amide bonds. The van der Waals surface area contributed by atoms with E-state index < -0.39 is 0 Å². The van der Waals surface area contributed by atoms with Gasteiger partial charge in [-0.15, -0.1) is 0 Å². The van der Waals surface area contributed by atoms with Crippen LogP contribution in [0.15, 0.2) is 0 Å². The number of hydrogen-bond acceptors (Lipinski definition) is 0. The maximum absolute atomic E-state index is 2.43. The van der Waals surface area contributed by atoms with E-state index in [9.17, 15) is 0 Å². The molecule has 0 saturated heterocycles. The standard InChI is InChI=1S/C31H66N/c1-5-9-11-13-15-17-18-19-20-21-22-23-25-27-29-31-32(7-3,8-4)30-28-26-24-16-14-12-10-6-2/h5-31H2,1-4H3/q+1. The molecule has 194 valence electrons. The molecule has 0 aromatic heterocycles. The maximum Gasteiger partial charge on any atom is 0.0786 e. The second-order valence-electron chi connectivity index (χ2n) is 10.8. The zero-order chi connectivity index (χ0) is 23.6. The highest BCUT2D eigenvalue weighted by Crippen LogP contribution is 2.17. The summed E-state index contributed by atoms with van der Waals surface area (Å²) in [6.07, 6.45) is 33.6. The van der Waals surface area contributed by atoms with Crippen LogP contribution in [0.2, 0.25) is 0 Å². The lowest BCUT2D eigenvalue weighted by molar-refractivity contribution is -0.925. The summed E-state index contributed by atoms with van der Waals surface area (Å²) in [6, 6.07) is 0. The van der Waals surface area contributed by atoms with Crippen molar-refractivity contribution >= 4 is 0 Å². The molecule has 0 bridgehead atoms.